The number of rotatable bonds is 16. The smallest absolute Gasteiger partial charge is 0.421 e. The third-order valence-electron chi connectivity index (χ3n) is 18.5. The van der Waals surface area contributed by atoms with E-state index in [1.165, 1.54) is 77.9 Å². The number of halogens is 12. The van der Waals surface area contributed by atoms with Gasteiger partial charge in [-0.1, -0.05) is 31.2 Å². The van der Waals surface area contributed by atoms with Crippen LogP contribution in [0.1, 0.15) is 169 Å². The zero-order valence-corrected chi connectivity index (χ0v) is 61.5. The Bertz CT molecular complexity index is 5340. The van der Waals surface area contributed by atoms with E-state index in [1.807, 2.05) is 0 Å². The molecule has 0 bridgehead atoms. The lowest BCUT2D eigenvalue weighted by Gasteiger charge is -2.31. The van der Waals surface area contributed by atoms with Gasteiger partial charge in [0.2, 0.25) is 19.7 Å². The summed E-state index contributed by atoms with van der Waals surface area (Å²) < 4.78 is 226. The number of alkyl halides is 12. The number of nitrogens with two attached hydrogens (primary N) is 2. The molecule has 0 aromatic heterocycles. The minimum absolute atomic E-state index is 0.00940. The second kappa shape index (κ2) is 31.1. The van der Waals surface area contributed by atoms with Gasteiger partial charge in [-0.2, -0.15) is 62.3 Å². The number of benzene rings is 8. The molecule has 8 aromatic carbocycles. The number of cyclic esters (lactones) is 4. The molecule has 0 amide bonds. The summed E-state index contributed by atoms with van der Waals surface area (Å²) in [5.41, 5.74) is -5.03. The van der Waals surface area contributed by atoms with Gasteiger partial charge in [0.1, 0.15) is 0 Å². The highest BCUT2D eigenvalue weighted by atomic mass is 32.2. The van der Waals surface area contributed by atoms with E-state index in [9.17, 15) is 129 Å². The van der Waals surface area contributed by atoms with Crippen LogP contribution in [0.5, 0.6) is 0 Å². The van der Waals surface area contributed by atoms with Crippen molar-refractivity contribution in [3.63, 3.8) is 0 Å². The minimum Gasteiger partial charge on any atom is -0.478 e. The second-order valence-corrected chi connectivity index (χ2v) is 30.3. The maximum atomic E-state index is 14.3. The van der Waals surface area contributed by atoms with Crippen molar-refractivity contribution in [1.29, 1.82) is 0 Å². The van der Waals surface area contributed by atoms with Gasteiger partial charge >= 0.3 is 60.7 Å². The summed E-state index contributed by atoms with van der Waals surface area (Å²) in [5, 5.41) is 51.0. The monoisotopic (exact) mass is 1620 g/mol. The zero-order valence-electron chi connectivity index (χ0n) is 59.9. The van der Waals surface area contributed by atoms with Gasteiger partial charge in [0.25, 0.3) is 0 Å². The van der Waals surface area contributed by atoms with Crippen molar-refractivity contribution in [2.24, 2.45) is 0 Å². The van der Waals surface area contributed by atoms with Gasteiger partial charge in [0, 0.05) is 46.5 Å². The van der Waals surface area contributed by atoms with Gasteiger partial charge in [-0.15, -0.1) is 0 Å². The number of aliphatic hydroxyl groups is 4. The normalized spacial score (nSPS) is 15.1. The predicted octanol–water partition coefficient (Wildman–Crippen LogP) is 13.6. The minimum atomic E-state index is -5.27. The summed E-state index contributed by atoms with van der Waals surface area (Å²) in [6, 6.07) is 23.0. The third kappa shape index (κ3) is 17.0. The number of esters is 4. The first-order chi connectivity index (χ1) is 51.2. The molecule has 2 aliphatic rings. The van der Waals surface area contributed by atoms with Crippen molar-refractivity contribution in [1.82, 2.24) is 0 Å². The summed E-state index contributed by atoms with van der Waals surface area (Å²) in [6.45, 7) is 10.9. The molecule has 2 aliphatic heterocycles. The predicted molar refractivity (Wildman–Crippen MR) is 370 cm³/mol. The lowest BCUT2D eigenvalue weighted by Crippen LogP contribution is -2.40. The number of carbonyl (C=O) groups is 7. The summed E-state index contributed by atoms with van der Waals surface area (Å²) in [7, 11) is -8.48. The Morgan fingerprint density at radius 3 is 1.09 bits per heavy atom. The summed E-state index contributed by atoms with van der Waals surface area (Å²) in [6.07, 6.45) is -21.0. The van der Waals surface area contributed by atoms with Crippen LogP contribution in [0, 0.1) is 34.6 Å². The van der Waals surface area contributed by atoms with Crippen molar-refractivity contribution in [2.45, 2.75) is 149 Å². The van der Waals surface area contributed by atoms with Crippen molar-refractivity contribution >= 4 is 78.6 Å². The fraction of sp³-hybridized carbons (Fsp3) is 0.263. The number of nitrogen functional groups attached to an aromatic ring is 2. The average Bonchev–Trinajstić information content (AvgIpc) is 1.19. The number of carbonyl (C=O) groups excluding carboxylic acids is 8. The molecule has 0 aliphatic carbocycles. The summed E-state index contributed by atoms with van der Waals surface area (Å²) in [5.74, 6) is -6.37. The molecule has 8 aromatic rings. The topological polar surface area (TPSA) is 394 Å². The van der Waals surface area contributed by atoms with E-state index in [0.29, 0.717) is 44.4 Å². The quantitative estimate of drug-likeness (QED) is 0.0155. The van der Waals surface area contributed by atoms with Crippen molar-refractivity contribution in [3.05, 3.63) is 222 Å². The molecular formula is C76H64F12N2O20S2. The van der Waals surface area contributed by atoms with E-state index in [2.05, 4.69) is 9.47 Å². The van der Waals surface area contributed by atoms with Gasteiger partial charge in [0.15, 0.2) is 34.0 Å². The highest BCUT2D eigenvalue weighted by Crippen LogP contribution is 2.49. The number of aryl methyl sites for hydroxylation is 5. The molecule has 0 saturated carbocycles. The third-order valence-corrected chi connectivity index (χ3v) is 22.1. The Morgan fingerprint density at radius 2 is 0.705 bits per heavy atom. The van der Waals surface area contributed by atoms with E-state index in [4.69, 9.17) is 21.1 Å². The number of carboxylic acids is 1. The van der Waals surface area contributed by atoms with Crippen LogP contribution in [0.2, 0.25) is 0 Å². The maximum absolute atomic E-state index is 14.3. The van der Waals surface area contributed by atoms with Gasteiger partial charge in [-0.05, 0) is 232 Å². The first-order valence-electron chi connectivity index (χ1n) is 32.3. The van der Waals surface area contributed by atoms with Crippen LogP contribution in [-0.4, -0.2) is 115 Å². The number of sulfone groups is 2. The maximum Gasteiger partial charge on any atom is 0.421 e. The van der Waals surface area contributed by atoms with E-state index >= 15 is 0 Å². The van der Waals surface area contributed by atoms with Crippen LogP contribution in [0.25, 0.3) is 22.3 Å². The van der Waals surface area contributed by atoms with E-state index < -0.39 is 147 Å². The Balaban J connectivity index is 0.000000251. The second-order valence-electron chi connectivity index (χ2n) is 26.4. The summed E-state index contributed by atoms with van der Waals surface area (Å²) >= 11 is 0. The van der Waals surface area contributed by atoms with Gasteiger partial charge in [-0.3, -0.25) is 9.59 Å². The molecular weight excluding hydrogens is 1550 g/mol. The van der Waals surface area contributed by atoms with Gasteiger partial charge < -0.3 is 46.5 Å². The highest BCUT2D eigenvalue weighted by Gasteiger charge is 2.56. The molecule has 4 unspecified atom stereocenters. The van der Waals surface area contributed by atoms with Crippen LogP contribution in [0.4, 0.5) is 64.1 Å². The molecule has 112 heavy (non-hydrogen) atoms. The van der Waals surface area contributed by atoms with Crippen LogP contribution in [-0.2, 0) is 67.6 Å². The summed E-state index contributed by atoms with van der Waals surface area (Å²) in [4.78, 5) is 98.4. The largest absolute Gasteiger partial charge is 0.478 e. The first kappa shape index (κ1) is 88.0. The number of ether oxygens (including phenoxy) is 2. The van der Waals surface area contributed by atoms with Crippen LogP contribution in [0.3, 0.4) is 0 Å². The molecule has 2 heterocycles. The number of fused-ring (bicyclic) bond motifs is 2. The van der Waals surface area contributed by atoms with Crippen LogP contribution >= 0.6 is 0 Å². The zero-order chi connectivity index (χ0) is 85.0. The molecule has 22 nitrogen and oxygen atoms in total. The SMILES string of the molecule is CCC(=O)c1ccc(S(=O)(=O)c2ccc(C(=O)Cc3cc(C)c(-c4cc(C(C)(O)C(F)(F)F)c(C)cc4C)cc3C(C)(O)C(F)(F)F)cc2)cc1C(=O)O.Cc1cc(N)c(C(C)(O)C(F)(F)F)cc1-c1cc(C(C)(O)C(F)(F)F)c(N)cc1C.O=C1OC(=O)c2cc(S(=O)(=O)c3ccc4c(c3)C(=O)OC4=O)ccc21.O=C=O. The van der Waals surface area contributed by atoms with E-state index in [-0.39, 0.29) is 111 Å². The number of anilines is 2. The van der Waals surface area contributed by atoms with E-state index in [1.54, 1.807) is 0 Å². The highest BCUT2D eigenvalue weighted by molar-refractivity contribution is 7.91. The Labute approximate surface area is 628 Å². The fourth-order valence-corrected chi connectivity index (χ4v) is 14.5. The Kier molecular flexibility index (Phi) is 24.4. The number of hydrogen-bond acceptors (Lipinski definition) is 21. The van der Waals surface area contributed by atoms with Crippen molar-refractivity contribution in [3.8, 4) is 22.3 Å². The molecule has 0 saturated heterocycles. The van der Waals surface area contributed by atoms with Crippen molar-refractivity contribution in [2.75, 3.05) is 11.5 Å². The van der Waals surface area contributed by atoms with Crippen LogP contribution in [0.15, 0.2) is 147 Å². The van der Waals surface area contributed by atoms with E-state index in [0.717, 1.165) is 91.0 Å². The molecule has 9 N–H and O–H groups in total. The number of Topliss-reactive ketones (excluding diaryl/α,β-unsaturated/α-hetero) is 2. The van der Waals surface area contributed by atoms with Crippen molar-refractivity contribution < 1.29 is 148 Å². The molecule has 10 rings (SSSR count). The number of aromatic carboxylic acids is 1. The van der Waals surface area contributed by atoms with Gasteiger partial charge in [0.05, 0.1) is 47.4 Å². The Hall–Kier alpha value is -11.3. The number of hydrogen-bond donors (Lipinski definition) is 7. The fourth-order valence-electron chi connectivity index (χ4n) is 12.0. The molecule has 36 heteroatoms. The number of ketones is 2. The molecule has 4 atom stereocenters. The molecule has 0 radical (unpaired) electrons. The average molecular weight is 1620 g/mol. The van der Waals surface area contributed by atoms with Crippen LogP contribution < -0.4 is 11.5 Å². The lowest BCUT2D eigenvalue weighted by molar-refractivity contribution is -0.259. The Morgan fingerprint density at radius 1 is 0.393 bits per heavy atom. The van der Waals surface area contributed by atoms with Gasteiger partial charge in [-0.25, -0.2) is 40.8 Å². The molecule has 0 spiro atoms. The first-order valence-corrected chi connectivity index (χ1v) is 35.2. The molecule has 0 fully saturated rings. The number of carboxylic acid groups (broad SMARTS) is 1. The molecule has 594 valence electrons. The standard InChI is InChI=1S/C39H36F6O8S.C20H22F6N2O2.C16H6O8S.CO2/c1-7-33(46)27-13-12-26(17-30(27)35(48)49)54(52,53)25-10-8-23(9-11-25)34(47)16-24-15-21(3)29(19-32(24)37(6,51)39(43,44)45)28-18-31(22(4)14-20(28)2)36(5,50)38(40,41)42;1-9-5-15(27)13(17(3,29)19(21,22)23)7-11(9)12-8-14(16(28)6-10(12)2)18(4,30)20(24,25)26;17-13-9-3-1-7(5-11(9)15(19)23-13)25(21,22)8-2-4-10-12(6-8)16(20)24-14(10)18;2-1-3/h8-15,17-19,50-51H,7,16H2,1-6H3,(H,48,49);5-8,29-30H,27-28H2,1-4H3;1-6H;. The lowest BCUT2D eigenvalue weighted by atomic mass is 9.81.